The Labute approximate surface area is 132 Å². The first-order valence-corrected chi connectivity index (χ1v) is 8.42. The van der Waals surface area contributed by atoms with E-state index in [2.05, 4.69) is 64.5 Å². The van der Waals surface area contributed by atoms with Crippen molar-refractivity contribution in [3.8, 4) is 0 Å². The zero-order valence-corrected chi connectivity index (χ0v) is 14.8. The number of rotatable bonds is 7. The molecular weight excluding hydrogens is 407 g/mol. The minimum absolute atomic E-state index is 0.0804. The van der Waals surface area contributed by atoms with Gasteiger partial charge in [-0.05, 0) is 32.4 Å². The molecule has 1 aromatic carbocycles. The topological polar surface area (TPSA) is 18.5 Å². The Bertz CT molecular complexity index is 373. The summed E-state index contributed by atoms with van der Waals surface area (Å²) in [7, 11) is 0. The molecule has 0 aliphatic rings. The third-order valence-electron chi connectivity index (χ3n) is 2.72. The third kappa shape index (κ3) is 4.47. The molecule has 1 rings (SSSR count). The Morgan fingerprint density at radius 1 is 1.39 bits per heavy atom. The van der Waals surface area contributed by atoms with Gasteiger partial charge in [0.1, 0.15) is 5.60 Å². The fraction of sp³-hybridized carbons (Fsp3) is 0.571. The Balaban J connectivity index is 2.82. The third-order valence-corrected chi connectivity index (χ3v) is 4.86. The predicted octanol–water partition coefficient (Wildman–Crippen LogP) is 4.54. The van der Waals surface area contributed by atoms with E-state index in [4.69, 9.17) is 9.47 Å². The molecule has 0 heterocycles. The van der Waals surface area contributed by atoms with E-state index in [1.165, 1.54) is 5.56 Å². The zero-order chi connectivity index (χ0) is 13.6. The van der Waals surface area contributed by atoms with Crippen LogP contribution >= 0.6 is 38.5 Å². The van der Waals surface area contributed by atoms with E-state index in [0.717, 1.165) is 15.5 Å². The van der Waals surface area contributed by atoms with E-state index < -0.39 is 0 Å². The lowest BCUT2D eigenvalue weighted by molar-refractivity contribution is -0.0925. The molecule has 0 amide bonds. The summed E-state index contributed by atoms with van der Waals surface area (Å²) in [4.78, 5) is 0. The van der Waals surface area contributed by atoms with E-state index in [-0.39, 0.29) is 11.7 Å². The molecule has 0 radical (unpaired) electrons. The molecule has 0 fully saturated rings. The van der Waals surface area contributed by atoms with Gasteiger partial charge in [-0.3, -0.25) is 0 Å². The molecule has 0 N–H and O–H groups in total. The maximum atomic E-state index is 6.19. The van der Waals surface area contributed by atoms with Gasteiger partial charge in [0.25, 0.3) is 0 Å². The van der Waals surface area contributed by atoms with Gasteiger partial charge in [0.05, 0.1) is 12.7 Å². The van der Waals surface area contributed by atoms with Crippen molar-refractivity contribution in [1.82, 2.24) is 0 Å². The molecule has 2 atom stereocenters. The summed E-state index contributed by atoms with van der Waals surface area (Å²) in [5.74, 6) is 0. The fourth-order valence-electron chi connectivity index (χ4n) is 1.82. The minimum atomic E-state index is -0.294. The molecule has 1 aromatic rings. The van der Waals surface area contributed by atoms with Crippen molar-refractivity contribution < 1.29 is 9.47 Å². The summed E-state index contributed by atoms with van der Waals surface area (Å²) in [5, 5.41) is 0. The molecule has 2 unspecified atom stereocenters. The highest BCUT2D eigenvalue weighted by Crippen LogP contribution is 2.34. The van der Waals surface area contributed by atoms with E-state index >= 15 is 0 Å². The highest BCUT2D eigenvalue weighted by atomic mass is 127. The van der Waals surface area contributed by atoms with Crippen molar-refractivity contribution in [2.75, 3.05) is 17.6 Å². The van der Waals surface area contributed by atoms with Crippen LogP contribution in [0.15, 0.2) is 28.7 Å². The van der Waals surface area contributed by atoms with Crippen molar-refractivity contribution >= 4 is 38.5 Å². The molecule has 0 aliphatic carbocycles. The second kappa shape index (κ2) is 7.82. The normalized spacial score (nSPS) is 16.3. The van der Waals surface area contributed by atoms with Crippen LogP contribution in [0, 0.1) is 0 Å². The monoisotopic (exact) mass is 426 g/mol. The van der Waals surface area contributed by atoms with Gasteiger partial charge in [-0.25, -0.2) is 0 Å². The number of halogens is 2. The average molecular weight is 427 g/mol. The quantitative estimate of drug-likeness (QED) is 0.470. The van der Waals surface area contributed by atoms with Gasteiger partial charge in [-0.2, -0.15) is 0 Å². The van der Waals surface area contributed by atoms with Crippen molar-refractivity contribution in [1.29, 1.82) is 0 Å². The molecular formula is C14H20BrIO2. The molecule has 0 saturated carbocycles. The summed E-state index contributed by atoms with van der Waals surface area (Å²) < 4.78 is 13.6. The number of hydrogen-bond acceptors (Lipinski definition) is 2. The van der Waals surface area contributed by atoms with Crippen LogP contribution in [-0.2, 0) is 15.1 Å². The van der Waals surface area contributed by atoms with Crippen molar-refractivity contribution in [2.24, 2.45) is 0 Å². The molecule has 4 heteroatoms. The largest absolute Gasteiger partial charge is 0.379 e. The van der Waals surface area contributed by atoms with Crippen LogP contribution < -0.4 is 0 Å². The van der Waals surface area contributed by atoms with Gasteiger partial charge in [0.2, 0.25) is 0 Å². The molecule has 0 saturated heterocycles. The second-order valence-corrected chi connectivity index (χ2v) is 6.05. The summed E-state index contributed by atoms with van der Waals surface area (Å²) in [6, 6.07) is 8.22. The summed E-state index contributed by atoms with van der Waals surface area (Å²) in [5.41, 5.74) is 0.889. The molecule has 0 bridgehead atoms. The van der Waals surface area contributed by atoms with Crippen molar-refractivity contribution in [3.05, 3.63) is 34.3 Å². The lowest BCUT2D eigenvalue weighted by atomic mass is 9.98. The number of benzene rings is 1. The van der Waals surface area contributed by atoms with Crippen LogP contribution in [0.5, 0.6) is 0 Å². The highest BCUT2D eigenvalue weighted by molar-refractivity contribution is 14.1. The number of alkyl halides is 1. The smallest absolute Gasteiger partial charge is 0.101 e. The van der Waals surface area contributed by atoms with Crippen LogP contribution in [0.2, 0.25) is 0 Å². The lowest BCUT2D eigenvalue weighted by Gasteiger charge is -2.32. The van der Waals surface area contributed by atoms with Crippen LogP contribution in [-0.4, -0.2) is 23.7 Å². The minimum Gasteiger partial charge on any atom is -0.379 e. The van der Waals surface area contributed by atoms with Crippen LogP contribution in [0.1, 0.15) is 26.3 Å². The van der Waals surface area contributed by atoms with Gasteiger partial charge in [0, 0.05) is 15.5 Å². The molecule has 0 spiro atoms. The summed E-state index contributed by atoms with van der Waals surface area (Å²) in [6.07, 6.45) is 0.0804. The Kier molecular flexibility index (Phi) is 7.13. The fourth-order valence-corrected chi connectivity index (χ4v) is 3.11. The first kappa shape index (κ1) is 16.4. The predicted molar refractivity (Wildman–Crippen MR) is 87.4 cm³/mol. The van der Waals surface area contributed by atoms with Gasteiger partial charge in [-0.15, -0.1) is 0 Å². The lowest BCUT2D eigenvalue weighted by Crippen LogP contribution is -2.34. The van der Waals surface area contributed by atoms with E-state index in [1.54, 1.807) is 0 Å². The molecule has 18 heavy (non-hydrogen) atoms. The second-order valence-electron chi connectivity index (χ2n) is 4.43. The zero-order valence-electron chi connectivity index (χ0n) is 11.1. The number of ether oxygens (including phenoxy) is 2. The first-order valence-electron chi connectivity index (χ1n) is 6.10. The van der Waals surface area contributed by atoms with Crippen LogP contribution in [0.25, 0.3) is 0 Å². The van der Waals surface area contributed by atoms with Crippen molar-refractivity contribution in [3.63, 3.8) is 0 Å². The SMILES string of the molecule is CCOCC(C)OC(C)(CI)c1ccccc1Br. The molecule has 0 aliphatic heterocycles. The summed E-state index contributed by atoms with van der Waals surface area (Å²) >= 11 is 5.97. The van der Waals surface area contributed by atoms with Crippen molar-refractivity contribution in [2.45, 2.75) is 32.5 Å². The number of hydrogen-bond donors (Lipinski definition) is 0. The van der Waals surface area contributed by atoms with E-state index in [0.29, 0.717) is 6.61 Å². The van der Waals surface area contributed by atoms with Gasteiger partial charge >= 0.3 is 0 Å². The molecule has 102 valence electrons. The molecule has 2 nitrogen and oxygen atoms in total. The van der Waals surface area contributed by atoms with Gasteiger partial charge < -0.3 is 9.47 Å². The van der Waals surface area contributed by atoms with E-state index in [1.807, 2.05) is 19.1 Å². The maximum absolute atomic E-state index is 6.19. The Morgan fingerprint density at radius 3 is 2.61 bits per heavy atom. The maximum Gasteiger partial charge on any atom is 0.101 e. The van der Waals surface area contributed by atoms with E-state index in [9.17, 15) is 0 Å². The van der Waals surface area contributed by atoms with Crippen LogP contribution in [0.4, 0.5) is 0 Å². The Hall–Kier alpha value is 0.350. The standard InChI is InChI=1S/C14H20BrIO2/c1-4-17-9-11(2)18-14(3,10-16)12-7-5-6-8-13(12)15/h5-8,11H,4,9-10H2,1-3H3. The van der Waals surface area contributed by atoms with Crippen LogP contribution in [0.3, 0.4) is 0 Å². The highest BCUT2D eigenvalue weighted by Gasteiger charge is 2.30. The Morgan fingerprint density at radius 2 is 2.06 bits per heavy atom. The first-order chi connectivity index (χ1) is 8.53. The average Bonchev–Trinajstić information content (AvgIpc) is 2.36. The summed E-state index contributed by atoms with van der Waals surface area (Å²) in [6.45, 7) is 7.54. The van der Waals surface area contributed by atoms with Gasteiger partial charge in [-0.1, -0.05) is 56.7 Å². The van der Waals surface area contributed by atoms with Gasteiger partial charge in [0.15, 0.2) is 0 Å². The molecule has 0 aromatic heterocycles.